The number of halogens is 1. The zero-order valence-corrected chi connectivity index (χ0v) is 26.1. The Bertz CT molecular complexity index is 1920. The highest BCUT2D eigenvalue weighted by Gasteiger charge is 2.32. The molecule has 0 bridgehead atoms. The minimum Gasteiger partial charge on any atom is -0.506 e. The Hall–Kier alpha value is -4.71. The molecule has 2 heterocycles. The van der Waals surface area contributed by atoms with Crippen LogP contribution >= 0.6 is 0 Å². The van der Waals surface area contributed by atoms with E-state index in [-0.39, 0.29) is 63.5 Å². The molecule has 1 aliphatic rings. The fourth-order valence-electron chi connectivity index (χ4n) is 5.01. The molecule has 12 heteroatoms. The molecule has 2 aromatic heterocycles. The van der Waals surface area contributed by atoms with Crippen molar-refractivity contribution in [1.82, 2.24) is 18.6 Å². The molecular weight excluding hydrogens is 567 g/mol. The average molecular weight is 607 g/mol. The molecule has 234 valence electrons. The summed E-state index contributed by atoms with van der Waals surface area (Å²) in [6.07, 6.45) is 1.43. The molecule has 44 heavy (non-hydrogen) atoms. The van der Waals surface area contributed by atoms with Gasteiger partial charge in [-0.3, -0.25) is 28.1 Å². The number of hydrogen-bond donors (Lipinski definition) is 3. The fraction of sp³-hybridized carbons (Fsp3) is 0.375. The maximum atomic E-state index is 14.9. The monoisotopic (exact) mass is 606 g/mol. The highest BCUT2D eigenvalue weighted by molar-refractivity contribution is 5.95. The van der Waals surface area contributed by atoms with Gasteiger partial charge in [0.25, 0.3) is 11.1 Å². The number of hydrogen-bond acceptors (Lipinski definition) is 7. The number of anilines is 3. The molecule has 0 aliphatic heterocycles. The summed E-state index contributed by atoms with van der Waals surface area (Å²) < 4.78 is 18.5. The number of benzene rings is 2. The van der Waals surface area contributed by atoms with Crippen LogP contribution in [0.15, 0.2) is 50.8 Å². The van der Waals surface area contributed by atoms with Gasteiger partial charge in [0, 0.05) is 31.6 Å². The van der Waals surface area contributed by atoms with E-state index < -0.39 is 22.6 Å². The first-order valence-corrected chi connectivity index (χ1v) is 14.6. The summed E-state index contributed by atoms with van der Waals surface area (Å²) in [5.74, 6) is -1.09. The van der Waals surface area contributed by atoms with E-state index in [1.807, 2.05) is 32.8 Å². The first-order valence-electron chi connectivity index (χ1n) is 14.6. The molecule has 0 saturated heterocycles. The second-order valence-electron chi connectivity index (χ2n) is 11.0. The normalized spacial score (nSPS) is 12.7. The Morgan fingerprint density at radius 1 is 1.02 bits per heavy atom. The number of phenols is 1. The van der Waals surface area contributed by atoms with Crippen LogP contribution < -0.4 is 27.4 Å². The molecule has 1 saturated carbocycles. The van der Waals surface area contributed by atoms with E-state index in [4.69, 9.17) is 0 Å². The number of aryl methyl sites for hydroxylation is 2. The number of carbonyl (C=O) groups is 1. The van der Waals surface area contributed by atoms with Gasteiger partial charge in [-0.1, -0.05) is 19.9 Å². The van der Waals surface area contributed by atoms with Gasteiger partial charge >= 0.3 is 5.69 Å². The molecular formula is C32H39FN6O5. The summed E-state index contributed by atoms with van der Waals surface area (Å²) in [4.78, 5) is 55.8. The van der Waals surface area contributed by atoms with Crippen molar-refractivity contribution in [3.63, 3.8) is 0 Å². The van der Waals surface area contributed by atoms with E-state index in [9.17, 15) is 28.7 Å². The maximum absolute atomic E-state index is 14.9. The van der Waals surface area contributed by atoms with Gasteiger partial charge in [-0.15, -0.1) is 0 Å². The first-order chi connectivity index (χ1) is 20.9. The Morgan fingerprint density at radius 3 is 2.32 bits per heavy atom. The van der Waals surface area contributed by atoms with Crippen LogP contribution in [-0.4, -0.2) is 50.3 Å². The average Bonchev–Trinajstić information content (AvgIpc) is 3.82. The molecule has 1 fully saturated rings. The molecule has 2 aromatic carbocycles. The zero-order chi connectivity index (χ0) is 32.5. The van der Waals surface area contributed by atoms with Crippen molar-refractivity contribution < 1.29 is 14.3 Å². The van der Waals surface area contributed by atoms with E-state index in [1.54, 1.807) is 13.0 Å². The Morgan fingerprint density at radius 2 is 1.70 bits per heavy atom. The molecule has 1 amide bonds. The fourth-order valence-corrected chi connectivity index (χ4v) is 5.01. The molecule has 0 spiro atoms. The van der Waals surface area contributed by atoms with Gasteiger partial charge in [-0.05, 0) is 76.7 Å². The SMILES string of the molecule is CC.Cc1ccc(Nc2c3c(=O)n(C4CC4)c(=O)n(-c4ccc(O)c(NC(=O)CCN(C)C)c4)c3c(C)c(=O)n2C)c(F)c1. The van der Waals surface area contributed by atoms with E-state index >= 15 is 0 Å². The van der Waals surface area contributed by atoms with Gasteiger partial charge in [0.2, 0.25) is 5.91 Å². The van der Waals surface area contributed by atoms with Gasteiger partial charge in [-0.25, -0.2) is 9.18 Å². The second kappa shape index (κ2) is 12.9. The van der Waals surface area contributed by atoms with Gasteiger partial charge in [0.05, 0.1) is 22.6 Å². The topological polar surface area (TPSA) is 131 Å². The van der Waals surface area contributed by atoms with Crippen LogP contribution in [0.3, 0.4) is 0 Å². The summed E-state index contributed by atoms with van der Waals surface area (Å²) in [5.41, 5.74) is -0.519. The van der Waals surface area contributed by atoms with Crippen LogP contribution in [0.1, 0.15) is 50.3 Å². The Balaban J connectivity index is 0.00000216. The number of carbonyl (C=O) groups excluding carboxylic acids is 1. The lowest BCUT2D eigenvalue weighted by Crippen LogP contribution is -2.41. The second-order valence-corrected chi connectivity index (χ2v) is 11.0. The quantitative estimate of drug-likeness (QED) is 0.255. The highest BCUT2D eigenvalue weighted by Crippen LogP contribution is 2.35. The van der Waals surface area contributed by atoms with Crippen LogP contribution in [0.5, 0.6) is 5.75 Å². The number of aromatic nitrogens is 3. The minimum absolute atomic E-state index is 0.0331. The zero-order valence-electron chi connectivity index (χ0n) is 26.1. The standard InChI is InChI=1S/C30H33FN6O5.C2H6/c1-16-6-10-21(20(31)14-16)33-27-25-26(17(2)28(40)35(27)5)36(30(42)37(29(25)41)18-7-8-18)19-9-11-23(38)22(15-19)32-24(39)12-13-34(3)4;1-2/h6,9-11,14-15,18,33,38H,7-8,12-13H2,1-5H3,(H,32,39);1-2H3. The van der Waals surface area contributed by atoms with Crippen molar-refractivity contribution in [3.05, 3.63) is 84.5 Å². The van der Waals surface area contributed by atoms with Crippen LogP contribution in [0.25, 0.3) is 16.6 Å². The number of aromatic hydroxyl groups is 1. The number of phenolic OH excluding ortho intramolecular Hbond substituents is 1. The molecule has 11 nitrogen and oxygen atoms in total. The molecule has 4 aromatic rings. The van der Waals surface area contributed by atoms with Gasteiger partial charge in [0.15, 0.2) is 0 Å². The van der Waals surface area contributed by atoms with Crippen LogP contribution in [0.4, 0.5) is 21.6 Å². The third-order valence-electron chi connectivity index (χ3n) is 7.43. The summed E-state index contributed by atoms with van der Waals surface area (Å²) >= 11 is 0. The van der Waals surface area contributed by atoms with Gasteiger partial charge in [0.1, 0.15) is 22.8 Å². The van der Waals surface area contributed by atoms with E-state index in [0.717, 1.165) is 4.57 Å². The molecule has 0 radical (unpaired) electrons. The largest absolute Gasteiger partial charge is 0.506 e. The molecule has 3 N–H and O–H groups in total. The van der Waals surface area contributed by atoms with Crippen molar-refractivity contribution in [3.8, 4) is 11.4 Å². The Kier molecular flexibility index (Phi) is 9.43. The van der Waals surface area contributed by atoms with E-state index in [2.05, 4.69) is 10.6 Å². The van der Waals surface area contributed by atoms with E-state index in [0.29, 0.717) is 24.9 Å². The lowest BCUT2D eigenvalue weighted by molar-refractivity contribution is -0.116. The Labute approximate surface area is 254 Å². The van der Waals surface area contributed by atoms with Crippen molar-refractivity contribution in [2.45, 2.75) is 53.0 Å². The predicted molar refractivity (Wildman–Crippen MR) is 171 cm³/mol. The first kappa shape index (κ1) is 32.2. The van der Waals surface area contributed by atoms with Crippen molar-refractivity contribution >= 4 is 34.0 Å². The van der Waals surface area contributed by atoms with Crippen LogP contribution in [0, 0.1) is 19.7 Å². The number of amides is 1. The molecule has 1 aliphatic carbocycles. The number of nitrogens with one attached hydrogen (secondary N) is 2. The third kappa shape index (κ3) is 6.16. The predicted octanol–water partition coefficient (Wildman–Crippen LogP) is 4.31. The van der Waals surface area contributed by atoms with E-state index in [1.165, 1.54) is 53.4 Å². The van der Waals surface area contributed by atoms with Gasteiger partial charge < -0.3 is 20.6 Å². The van der Waals surface area contributed by atoms with Crippen molar-refractivity contribution in [1.29, 1.82) is 0 Å². The lowest BCUT2D eigenvalue weighted by Gasteiger charge is -2.21. The van der Waals surface area contributed by atoms with Gasteiger partial charge in [-0.2, -0.15) is 0 Å². The van der Waals surface area contributed by atoms with Crippen LogP contribution in [0.2, 0.25) is 0 Å². The van der Waals surface area contributed by atoms with Crippen LogP contribution in [-0.2, 0) is 11.8 Å². The third-order valence-corrected chi connectivity index (χ3v) is 7.43. The highest BCUT2D eigenvalue weighted by atomic mass is 19.1. The molecule has 0 unspecified atom stereocenters. The summed E-state index contributed by atoms with van der Waals surface area (Å²) in [5, 5.41) is 16.2. The van der Waals surface area contributed by atoms with Crippen molar-refractivity contribution in [2.24, 2.45) is 7.05 Å². The summed E-state index contributed by atoms with van der Waals surface area (Å²) in [6.45, 7) is 7.75. The molecule has 0 atom stereocenters. The number of pyridine rings is 1. The number of nitrogens with zero attached hydrogens (tertiary/aromatic N) is 4. The smallest absolute Gasteiger partial charge is 0.336 e. The minimum atomic E-state index is -0.658. The van der Waals surface area contributed by atoms with Crippen molar-refractivity contribution in [2.75, 3.05) is 31.3 Å². The number of fused-ring (bicyclic) bond motifs is 1. The molecule has 5 rings (SSSR count). The number of rotatable bonds is 8. The maximum Gasteiger partial charge on any atom is 0.336 e. The summed E-state index contributed by atoms with van der Waals surface area (Å²) in [6, 6.07) is 8.44. The summed E-state index contributed by atoms with van der Waals surface area (Å²) in [7, 11) is 5.14. The lowest BCUT2D eigenvalue weighted by atomic mass is 10.1.